The summed E-state index contributed by atoms with van der Waals surface area (Å²) >= 11 is 6.33. The monoisotopic (exact) mass is 340 g/mol. The summed E-state index contributed by atoms with van der Waals surface area (Å²) in [6, 6.07) is 11.6. The number of piperazine rings is 1. The number of hydrogen-bond donors (Lipinski definition) is 0. The highest BCUT2D eigenvalue weighted by molar-refractivity contribution is 6.31. The zero-order valence-electron chi connectivity index (χ0n) is 13.6. The van der Waals surface area contributed by atoms with Crippen LogP contribution in [0.2, 0.25) is 5.02 Å². The fraction of sp³-hybridized carbons (Fsp3) is 0.474. The zero-order chi connectivity index (χ0) is 16.1. The van der Waals surface area contributed by atoms with Crippen LogP contribution in [0.15, 0.2) is 36.7 Å². The highest BCUT2D eigenvalue weighted by Crippen LogP contribution is 2.40. The van der Waals surface area contributed by atoms with E-state index in [1.54, 1.807) is 6.33 Å². The molecule has 4 aliphatic rings. The predicted octanol–water partition coefficient (Wildman–Crippen LogP) is 3.47. The Kier molecular flexibility index (Phi) is 3.49. The molecule has 4 heterocycles. The van der Waals surface area contributed by atoms with Crippen molar-refractivity contribution in [2.45, 2.75) is 43.8 Å². The molecule has 1 aromatic heterocycles. The molecule has 6 rings (SSSR count). The van der Waals surface area contributed by atoms with Crippen molar-refractivity contribution in [3.8, 4) is 0 Å². The smallest absolute Gasteiger partial charge is 0.132 e. The first-order chi connectivity index (χ1) is 11.8. The highest BCUT2D eigenvalue weighted by Gasteiger charge is 2.45. The maximum absolute atomic E-state index is 6.33. The third-order valence-corrected chi connectivity index (χ3v) is 6.02. The van der Waals surface area contributed by atoms with Crippen LogP contribution in [-0.2, 0) is 6.54 Å². The summed E-state index contributed by atoms with van der Waals surface area (Å²) in [6.07, 6.45) is 5.60. The summed E-state index contributed by atoms with van der Waals surface area (Å²) in [5.74, 6) is 1.79. The SMILES string of the molecule is Clc1ccccc1CN1C2CC1CN(c1cc(C3CC3)ncn1)C2. The van der Waals surface area contributed by atoms with E-state index in [2.05, 4.69) is 38.0 Å². The molecule has 2 atom stereocenters. The third-order valence-electron chi connectivity index (χ3n) is 5.65. The number of hydrogen-bond acceptors (Lipinski definition) is 4. The second-order valence-corrected chi connectivity index (χ2v) is 7.69. The molecule has 24 heavy (non-hydrogen) atoms. The normalized spacial score (nSPS) is 26.3. The lowest BCUT2D eigenvalue weighted by atomic mass is 9.86. The van der Waals surface area contributed by atoms with Crippen LogP contribution in [0.4, 0.5) is 5.82 Å². The van der Waals surface area contributed by atoms with Crippen LogP contribution in [-0.4, -0.2) is 40.0 Å². The van der Waals surface area contributed by atoms with Crippen molar-refractivity contribution in [2.75, 3.05) is 18.0 Å². The Labute approximate surface area is 147 Å². The second kappa shape index (κ2) is 5.71. The van der Waals surface area contributed by atoms with E-state index in [9.17, 15) is 0 Å². The molecule has 1 aliphatic carbocycles. The molecule has 1 saturated carbocycles. The summed E-state index contributed by atoms with van der Waals surface area (Å²) in [5, 5.41) is 0.879. The van der Waals surface area contributed by atoms with Crippen molar-refractivity contribution in [2.24, 2.45) is 0 Å². The van der Waals surface area contributed by atoms with E-state index in [-0.39, 0.29) is 0 Å². The molecule has 0 amide bonds. The lowest BCUT2D eigenvalue weighted by molar-refractivity contribution is -0.00867. The first-order valence-electron chi connectivity index (χ1n) is 8.84. The summed E-state index contributed by atoms with van der Waals surface area (Å²) in [4.78, 5) is 14.0. The lowest BCUT2D eigenvalue weighted by Gasteiger charge is -2.56. The number of rotatable bonds is 4. The quantitative estimate of drug-likeness (QED) is 0.853. The summed E-state index contributed by atoms with van der Waals surface area (Å²) < 4.78 is 0. The van der Waals surface area contributed by atoms with Crippen LogP contribution in [0.5, 0.6) is 0 Å². The van der Waals surface area contributed by atoms with Gasteiger partial charge < -0.3 is 4.90 Å². The largest absolute Gasteiger partial charge is 0.353 e. The number of piperidine rings is 1. The fourth-order valence-corrected chi connectivity index (χ4v) is 4.29. The number of benzene rings is 1. The van der Waals surface area contributed by atoms with Crippen LogP contribution < -0.4 is 4.90 Å². The lowest BCUT2D eigenvalue weighted by Crippen LogP contribution is -2.68. The molecular weight excluding hydrogens is 320 g/mol. The first-order valence-corrected chi connectivity index (χ1v) is 9.22. The number of fused-ring (bicyclic) bond motifs is 2. The minimum Gasteiger partial charge on any atom is -0.353 e. The maximum atomic E-state index is 6.33. The Bertz CT molecular complexity index is 749. The van der Waals surface area contributed by atoms with E-state index >= 15 is 0 Å². The van der Waals surface area contributed by atoms with Gasteiger partial charge in [-0.2, -0.15) is 0 Å². The van der Waals surface area contributed by atoms with Gasteiger partial charge >= 0.3 is 0 Å². The van der Waals surface area contributed by atoms with Gasteiger partial charge in [0, 0.05) is 54.4 Å². The fourth-order valence-electron chi connectivity index (χ4n) is 4.09. The molecular formula is C19H21ClN4. The molecule has 0 N–H and O–H groups in total. The molecule has 0 spiro atoms. The van der Waals surface area contributed by atoms with Gasteiger partial charge in [-0.05, 0) is 30.9 Å². The minimum atomic E-state index is 0.611. The van der Waals surface area contributed by atoms with Crippen molar-refractivity contribution in [3.63, 3.8) is 0 Å². The van der Waals surface area contributed by atoms with Gasteiger partial charge in [0.25, 0.3) is 0 Å². The van der Waals surface area contributed by atoms with E-state index in [1.165, 1.54) is 30.5 Å². The Morgan fingerprint density at radius 3 is 2.62 bits per heavy atom. The predicted molar refractivity (Wildman–Crippen MR) is 95.4 cm³/mol. The van der Waals surface area contributed by atoms with Gasteiger partial charge in [0.05, 0.1) is 0 Å². The van der Waals surface area contributed by atoms with Gasteiger partial charge in [0.2, 0.25) is 0 Å². The summed E-state index contributed by atoms with van der Waals surface area (Å²) in [6.45, 7) is 3.07. The van der Waals surface area contributed by atoms with E-state index in [0.29, 0.717) is 18.0 Å². The zero-order valence-corrected chi connectivity index (χ0v) is 14.4. The molecule has 0 radical (unpaired) electrons. The van der Waals surface area contributed by atoms with Crippen LogP contribution in [0.25, 0.3) is 0 Å². The van der Waals surface area contributed by atoms with Crippen molar-refractivity contribution < 1.29 is 0 Å². The highest BCUT2D eigenvalue weighted by atomic mass is 35.5. The topological polar surface area (TPSA) is 32.3 Å². The molecule has 1 aromatic carbocycles. The molecule has 5 heteroatoms. The van der Waals surface area contributed by atoms with Crippen LogP contribution in [0.3, 0.4) is 0 Å². The maximum Gasteiger partial charge on any atom is 0.132 e. The average Bonchev–Trinajstić information content (AvgIpc) is 3.46. The summed E-state index contributed by atoms with van der Waals surface area (Å²) in [5.41, 5.74) is 2.47. The van der Waals surface area contributed by atoms with Crippen LogP contribution in [0.1, 0.15) is 36.4 Å². The van der Waals surface area contributed by atoms with Crippen LogP contribution in [0, 0.1) is 0 Å². The Morgan fingerprint density at radius 1 is 1.08 bits per heavy atom. The van der Waals surface area contributed by atoms with Gasteiger partial charge in [-0.15, -0.1) is 0 Å². The van der Waals surface area contributed by atoms with Gasteiger partial charge in [-0.3, -0.25) is 4.90 Å². The average molecular weight is 341 g/mol. The second-order valence-electron chi connectivity index (χ2n) is 7.29. The van der Waals surface area contributed by atoms with Gasteiger partial charge in [-0.25, -0.2) is 9.97 Å². The Balaban J connectivity index is 1.29. The molecule has 124 valence electrons. The number of anilines is 1. The molecule has 4 fully saturated rings. The van der Waals surface area contributed by atoms with E-state index in [1.807, 2.05) is 12.1 Å². The number of aromatic nitrogens is 2. The molecule has 3 aliphatic heterocycles. The van der Waals surface area contributed by atoms with Crippen molar-refractivity contribution in [3.05, 3.63) is 52.9 Å². The third kappa shape index (κ3) is 2.58. The van der Waals surface area contributed by atoms with E-state index in [4.69, 9.17) is 11.6 Å². The molecule has 2 unspecified atom stereocenters. The Morgan fingerprint density at radius 2 is 1.88 bits per heavy atom. The number of halogens is 1. The first kappa shape index (κ1) is 14.7. The van der Waals surface area contributed by atoms with E-state index < -0.39 is 0 Å². The summed E-state index contributed by atoms with van der Waals surface area (Å²) in [7, 11) is 0. The van der Waals surface area contributed by atoms with E-state index in [0.717, 1.165) is 30.5 Å². The minimum absolute atomic E-state index is 0.611. The van der Waals surface area contributed by atoms with Gasteiger partial charge in [-0.1, -0.05) is 29.8 Å². The van der Waals surface area contributed by atoms with Crippen molar-refractivity contribution in [1.82, 2.24) is 14.9 Å². The molecule has 4 nitrogen and oxygen atoms in total. The standard InChI is InChI=1S/C19H21ClN4/c20-17-4-2-1-3-14(17)9-24-15-7-16(24)11-23(10-15)19-8-18(13-5-6-13)21-12-22-19/h1-4,8,12-13,15-16H,5-7,9-11H2. The Hall–Kier alpha value is -1.65. The van der Waals surface area contributed by atoms with Gasteiger partial charge in [0.15, 0.2) is 0 Å². The van der Waals surface area contributed by atoms with Crippen LogP contribution >= 0.6 is 11.6 Å². The molecule has 2 bridgehead atoms. The van der Waals surface area contributed by atoms with Gasteiger partial charge in [0.1, 0.15) is 12.1 Å². The van der Waals surface area contributed by atoms with Crippen molar-refractivity contribution in [1.29, 1.82) is 0 Å². The molecule has 2 aromatic rings. The molecule has 3 saturated heterocycles. The number of nitrogens with zero attached hydrogens (tertiary/aromatic N) is 4. The van der Waals surface area contributed by atoms with Crippen molar-refractivity contribution >= 4 is 17.4 Å².